The normalized spacial score (nSPS) is 10.5. The molecule has 1 aromatic heterocycles. The lowest BCUT2D eigenvalue weighted by Gasteiger charge is -2.11. The average molecular weight is 369 g/mol. The number of ether oxygens (including phenoxy) is 2. The van der Waals surface area contributed by atoms with E-state index in [1.54, 1.807) is 49.2 Å². The zero-order chi connectivity index (χ0) is 19.4. The van der Waals surface area contributed by atoms with E-state index in [1.807, 2.05) is 6.92 Å². The Balaban J connectivity index is 1.90. The van der Waals surface area contributed by atoms with Crippen molar-refractivity contribution in [3.05, 3.63) is 65.7 Å². The summed E-state index contributed by atoms with van der Waals surface area (Å²) in [4.78, 5) is 12.8. The molecule has 0 saturated heterocycles. The second kappa shape index (κ2) is 7.90. The topological polar surface area (TPSA) is 65.4 Å². The van der Waals surface area contributed by atoms with Crippen molar-refractivity contribution in [3.63, 3.8) is 0 Å². The smallest absolute Gasteiger partial charge is 0.259 e. The standard InChI is InChI=1S/C20H20FN3O3/c1-4-19-18(12-22-24(19)15-7-5-13(21)6-8-15)20(25)23-14-9-16(26-2)11-17(10-14)27-3/h5-12H,4H2,1-3H3,(H,23,25). The van der Waals surface area contributed by atoms with Crippen LogP contribution in [0.5, 0.6) is 11.5 Å². The van der Waals surface area contributed by atoms with Crippen molar-refractivity contribution in [2.24, 2.45) is 0 Å². The molecule has 1 amide bonds. The van der Waals surface area contributed by atoms with E-state index < -0.39 is 0 Å². The monoisotopic (exact) mass is 369 g/mol. The molecule has 0 aliphatic carbocycles. The first-order valence-corrected chi connectivity index (χ1v) is 8.43. The summed E-state index contributed by atoms with van der Waals surface area (Å²) in [7, 11) is 3.09. The van der Waals surface area contributed by atoms with Gasteiger partial charge in [0, 0.05) is 23.9 Å². The van der Waals surface area contributed by atoms with Crippen molar-refractivity contribution < 1.29 is 18.7 Å². The molecule has 0 aliphatic rings. The number of nitrogens with one attached hydrogen (secondary N) is 1. The number of aromatic nitrogens is 2. The Hall–Kier alpha value is -3.35. The summed E-state index contributed by atoms with van der Waals surface area (Å²) in [6, 6.07) is 11.1. The van der Waals surface area contributed by atoms with Crippen LogP contribution < -0.4 is 14.8 Å². The number of anilines is 1. The second-order valence-electron chi connectivity index (χ2n) is 5.80. The fourth-order valence-corrected chi connectivity index (χ4v) is 2.79. The molecule has 2 aromatic carbocycles. The van der Waals surface area contributed by atoms with Crippen LogP contribution in [0.25, 0.3) is 5.69 Å². The maximum absolute atomic E-state index is 13.2. The van der Waals surface area contributed by atoms with E-state index in [0.717, 1.165) is 5.69 Å². The maximum atomic E-state index is 13.2. The molecule has 3 aromatic rings. The van der Waals surface area contributed by atoms with E-state index in [0.29, 0.717) is 34.9 Å². The van der Waals surface area contributed by atoms with Gasteiger partial charge in [-0.2, -0.15) is 5.10 Å². The average Bonchev–Trinajstić information content (AvgIpc) is 3.12. The number of amides is 1. The van der Waals surface area contributed by atoms with Gasteiger partial charge in [0.15, 0.2) is 0 Å². The Morgan fingerprint density at radius 2 is 1.74 bits per heavy atom. The third-order valence-corrected chi connectivity index (χ3v) is 4.13. The van der Waals surface area contributed by atoms with Gasteiger partial charge in [0.05, 0.1) is 37.4 Å². The number of benzene rings is 2. The third kappa shape index (κ3) is 3.92. The van der Waals surface area contributed by atoms with E-state index in [2.05, 4.69) is 10.4 Å². The first kappa shape index (κ1) is 18.4. The predicted octanol–water partition coefficient (Wildman–Crippen LogP) is 3.84. The van der Waals surface area contributed by atoms with Gasteiger partial charge in [0.2, 0.25) is 0 Å². The van der Waals surface area contributed by atoms with Crippen LogP contribution in [0.15, 0.2) is 48.7 Å². The molecule has 140 valence electrons. The van der Waals surface area contributed by atoms with Crippen molar-refractivity contribution in [1.82, 2.24) is 9.78 Å². The SMILES string of the molecule is CCc1c(C(=O)Nc2cc(OC)cc(OC)c2)cnn1-c1ccc(F)cc1. The molecule has 0 unspecified atom stereocenters. The van der Waals surface area contributed by atoms with Gasteiger partial charge >= 0.3 is 0 Å². The molecule has 7 heteroatoms. The number of nitrogens with zero attached hydrogens (tertiary/aromatic N) is 2. The highest BCUT2D eigenvalue weighted by atomic mass is 19.1. The molecule has 0 bridgehead atoms. The summed E-state index contributed by atoms with van der Waals surface area (Å²) in [6.45, 7) is 1.93. The number of halogens is 1. The molecular weight excluding hydrogens is 349 g/mol. The van der Waals surface area contributed by atoms with Gasteiger partial charge in [-0.05, 0) is 30.7 Å². The van der Waals surface area contributed by atoms with E-state index in [1.165, 1.54) is 18.3 Å². The van der Waals surface area contributed by atoms with Crippen molar-refractivity contribution in [2.75, 3.05) is 19.5 Å². The Morgan fingerprint density at radius 3 is 2.30 bits per heavy atom. The lowest BCUT2D eigenvalue weighted by molar-refractivity contribution is 0.102. The molecule has 1 heterocycles. The van der Waals surface area contributed by atoms with Crippen LogP contribution in [-0.4, -0.2) is 29.9 Å². The molecule has 0 saturated carbocycles. The van der Waals surface area contributed by atoms with Gasteiger partial charge in [-0.25, -0.2) is 9.07 Å². The van der Waals surface area contributed by atoms with Crippen LogP contribution in [0.2, 0.25) is 0 Å². The number of methoxy groups -OCH3 is 2. The van der Waals surface area contributed by atoms with E-state index >= 15 is 0 Å². The summed E-state index contributed by atoms with van der Waals surface area (Å²) in [5.41, 5.74) is 2.42. The van der Waals surface area contributed by atoms with Gasteiger partial charge in [-0.15, -0.1) is 0 Å². The highest BCUT2D eigenvalue weighted by Crippen LogP contribution is 2.26. The molecule has 6 nitrogen and oxygen atoms in total. The molecule has 27 heavy (non-hydrogen) atoms. The molecule has 1 N–H and O–H groups in total. The molecule has 0 radical (unpaired) electrons. The van der Waals surface area contributed by atoms with Crippen molar-refractivity contribution >= 4 is 11.6 Å². The number of carbonyl (C=O) groups excluding carboxylic acids is 1. The fraction of sp³-hybridized carbons (Fsp3) is 0.200. The van der Waals surface area contributed by atoms with E-state index in [4.69, 9.17) is 9.47 Å². The highest BCUT2D eigenvalue weighted by molar-refractivity contribution is 6.05. The number of hydrogen-bond acceptors (Lipinski definition) is 4. The molecule has 3 rings (SSSR count). The number of carbonyl (C=O) groups is 1. The maximum Gasteiger partial charge on any atom is 0.259 e. The summed E-state index contributed by atoms with van der Waals surface area (Å²) < 4.78 is 25.3. The molecule has 0 atom stereocenters. The fourth-order valence-electron chi connectivity index (χ4n) is 2.79. The minimum Gasteiger partial charge on any atom is -0.497 e. The van der Waals surface area contributed by atoms with Gasteiger partial charge in [0.1, 0.15) is 17.3 Å². The molecule has 0 spiro atoms. The summed E-state index contributed by atoms with van der Waals surface area (Å²) >= 11 is 0. The van der Waals surface area contributed by atoms with Gasteiger partial charge in [-0.3, -0.25) is 4.79 Å². The first-order valence-electron chi connectivity index (χ1n) is 8.43. The minimum atomic E-state index is -0.325. The number of rotatable bonds is 6. The lowest BCUT2D eigenvalue weighted by atomic mass is 10.1. The minimum absolute atomic E-state index is 0.296. The van der Waals surface area contributed by atoms with Gasteiger partial charge in [0.25, 0.3) is 5.91 Å². The van der Waals surface area contributed by atoms with Crippen molar-refractivity contribution in [3.8, 4) is 17.2 Å². The second-order valence-corrected chi connectivity index (χ2v) is 5.80. The summed E-state index contributed by atoms with van der Waals surface area (Å²) in [5.74, 6) is 0.522. The Bertz CT molecular complexity index is 929. The quantitative estimate of drug-likeness (QED) is 0.717. The van der Waals surface area contributed by atoms with E-state index in [9.17, 15) is 9.18 Å². The van der Waals surface area contributed by atoms with Crippen molar-refractivity contribution in [2.45, 2.75) is 13.3 Å². The van der Waals surface area contributed by atoms with Crippen LogP contribution in [0.3, 0.4) is 0 Å². The van der Waals surface area contributed by atoms with Gasteiger partial charge in [-0.1, -0.05) is 6.92 Å². The van der Waals surface area contributed by atoms with Crippen LogP contribution in [0.1, 0.15) is 23.0 Å². The van der Waals surface area contributed by atoms with Gasteiger partial charge < -0.3 is 14.8 Å². The lowest BCUT2D eigenvalue weighted by Crippen LogP contribution is -2.14. The summed E-state index contributed by atoms with van der Waals surface area (Å²) in [5, 5.41) is 7.15. The van der Waals surface area contributed by atoms with Crippen LogP contribution in [0.4, 0.5) is 10.1 Å². The first-order chi connectivity index (χ1) is 13.0. The highest BCUT2D eigenvalue weighted by Gasteiger charge is 2.18. The Morgan fingerprint density at radius 1 is 1.11 bits per heavy atom. The molecular formula is C20H20FN3O3. The zero-order valence-corrected chi connectivity index (χ0v) is 15.3. The van der Waals surface area contributed by atoms with Crippen LogP contribution >= 0.6 is 0 Å². The summed E-state index contributed by atoms with van der Waals surface area (Å²) in [6.07, 6.45) is 2.09. The van der Waals surface area contributed by atoms with E-state index in [-0.39, 0.29) is 11.7 Å². The molecule has 0 aliphatic heterocycles. The Kier molecular flexibility index (Phi) is 5.40. The zero-order valence-electron chi connectivity index (χ0n) is 15.3. The largest absolute Gasteiger partial charge is 0.497 e. The predicted molar refractivity (Wildman–Crippen MR) is 100 cm³/mol. The van der Waals surface area contributed by atoms with Crippen molar-refractivity contribution in [1.29, 1.82) is 0 Å². The third-order valence-electron chi connectivity index (χ3n) is 4.13. The molecule has 0 fully saturated rings. The van der Waals surface area contributed by atoms with Crippen LogP contribution in [-0.2, 0) is 6.42 Å². The number of hydrogen-bond donors (Lipinski definition) is 1. The van der Waals surface area contributed by atoms with Crippen LogP contribution in [0, 0.1) is 5.82 Å². The Labute approximate surface area is 156 Å².